The lowest BCUT2D eigenvalue weighted by atomic mass is 10.0. The number of nitrogens with two attached hydrogens (primary N) is 1. The predicted octanol–water partition coefficient (Wildman–Crippen LogP) is 2.82. The number of ether oxygens (including phenoxy) is 1. The van der Waals surface area contributed by atoms with Crippen LogP contribution in [0.5, 0.6) is 5.75 Å². The Morgan fingerprint density at radius 3 is 2.44 bits per heavy atom. The third-order valence-electron chi connectivity index (χ3n) is 3.27. The highest BCUT2D eigenvalue weighted by Gasteiger charge is 2.23. The molecule has 1 atom stereocenters. The summed E-state index contributed by atoms with van der Waals surface area (Å²) in [4.78, 5) is 2.44. The second kappa shape index (κ2) is 7.39. The molecule has 0 saturated carbocycles. The van der Waals surface area contributed by atoms with E-state index in [0.717, 1.165) is 18.7 Å². The molecular formula is C15H26N2O. The van der Waals surface area contributed by atoms with Crippen molar-refractivity contribution in [2.45, 2.75) is 39.3 Å². The Balaban J connectivity index is 3.06. The first-order valence-corrected chi connectivity index (χ1v) is 6.74. The van der Waals surface area contributed by atoms with E-state index in [0.29, 0.717) is 12.6 Å². The van der Waals surface area contributed by atoms with Gasteiger partial charge < -0.3 is 10.5 Å². The van der Waals surface area contributed by atoms with E-state index >= 15 is 0 Å². The molecule has 0 amide bonds. The first-order valence-electron chi connectivity index (χ1n) is 6.74. The van der Waals surface area contributed by atoms with Gasteiger partial charge in [0.25, 0.3) is 0 Å². The lowest BCUT2D eigenvalue weighted by molar-refractivity contribution is 0.155. The molecule has 0 heterocycles. The van der Waals surface area contributed by atoms with Crippen LogP contribution in [0.4, 0.5) is 0 Å². The van der Waals surface area contributed by atoms with Crippen molar-refractivity contribution in [2.75, 3.05) is 20.2 Å². The molecule has 0 bridgehead atoms. The van der Waals surface area contributed by atoms with Gasteiger partial charge in [0.05, 0.1) is 13.2 Å². The summed E-state index contributed by atoms with van der Waals surface area (Å²) in [5, 5.41) is 0. The van der Waals surface area contributed by atoms with Gasteiger partial charge in [0.15, 0.2) is 0 Å². The van der Waals surface area contributed by atoms with Crippen LogP contribution in [0.15, 0.2) is 24.3 Å². The van der Waals surface area contributed by atoms with E-state index < -0.39 is 0 Å². The third-order valence-corrected chi connectivity index (χ3v) is 3.27. The first kappa shape index (κ1) is 15.0. The van der Waals surface area contributed by atoms with Crippen LogP contribution in [0.3, 0.4) is 0 Å². The van der Waals surface area contributed by atoms with E-state index in [9.17, 15) is 0 Å². The van der Waals surface area contributed by atoms with Crippen molar-refractivity contribution in [1.29, 1.82) is 0 Å². The minimum Gasteiger partial charge on any atom is -0.496 e. The minimum atomic E-state index is 0.223. The van der Waals surface area contributed by atoms with E-state index in [2.05, 4.69) is 31.7 Å². The Morgan fingerprint density at radius 1 is 1.28 bits per heavy atom. The van der Waals surface area contributed by atoms with Crippen LogP contribution in [0, 0.1) is 0 Å². The molecule has 0 aliphatic heterocycles. The normalized spacial score (nSPS) is 13.1. The molecule has 0 radical (unpaired) electrons. The maximum Gasteiger partial charge on any atom is 0.123 e. The van der Waals surface area contributed by atoms with Gasteiger partial charge in [0.2, 0.25) is 0 Å². The summed E-state index contributed by atoms with van der Waals surface area (Å²) < 4.78 is 5.45. The first-order chi connectivity index (χ1) is 8.65. The van der Waals surface area contributed by atoms with Gasteiger partial charge in [-0.1, -0.05) is 25.1 Å². The second-order valence-electron chi connectivity index (χ2n) is 4.83. The molecule has 0 spiro atoms. The molecule has 2 N–H and O–H groups in total. The lowest BCUT2D eigenvalue weighted by Gasteiger charge is -2.35. The summed E-state index contributed by atoms with van der Waals surface area (Å²) in [6.45, 7) is 8.29. The molecule has 1 aromatic rings. The van der Waals surface area contributed by atoms with Crippen molar-refractivity contribution in [1.82, 2.24) is 4.90 Å². The summed E-state index contributed by atoms with van der Waals surface area (Å²) in [5.74, 6) is 0.926. The van der Waals surface area contributed by atoms with E-state index in [1.54, 1.807) is 7.11 Å². The standard InChI is InChI=1S/C15H26N2O/c1-5-10-17(12(2)3)14(11-16)13-8-6-7-9-15(13)18-4/h6-9,12,14H,5,10-11,16H2,1-4H3. The maximum absolute atomic E-state index is 6.00. The van der Waals surface area contributed by atoms with Crippen molar-refractivity contribution in [3.63, 3.8) is 0 Å². The summed E-state index contributed by atoms with van der Waals surface area (Å²) >= 11 is 0. The molecule has 0 aliphatic carbocycles. The zero-order valence-electron chi connectivity index (χ0n) is 12.0. The Kier molecular flexibility index (Phi) is 6.16. The highest BCUT2D eigenvalue weighted by atomic mass is 16.5. The molecule has 3 nitrogen and oxygen atoms in total. The number of nitrogens with zero attached hydrogens (tertiary/aromatic N) is 1. The van der Waals surface area contributed by atoms with E-state index in [1.165, 1.54) is 5.56 Å². The van der Waals surface area contributed by atoms with Crippen LogP contribution < -0.4 is 10.5 Å². The lowest BCUT2D eigenvalue weighted by Crippen LogP contribution is -2.39. The van der Waals surface area contributed by atoms with Crippen LogP contribution in [-0.4, -0.2) is 31.1 Å². The Labute approximate surface area is 111 Å². The molecule has 1 unspecified atom stereocenters. The van der Waals surface area contributed by atoms with Crippen LogP contribution in [0.25, 0.3) is 0 Å². The molecule has 18 heavy (non-hydrogen) atoms. The summed E-state index contributed by atoms with van der Waals surface area (Å²) in [6.07, 6.45) is 1.13. The number of rotatable bonds is 7. The summed E-state index contributed by atoms with van der Waals surface area (Å²) in [7, 11) is 1.71. The molecule has 1 aromatic carbocycles. The zero-order valence-corrected chi connectivity index (χ0v) is 12.0. The zero-order chi connectivity index (χ0) is 13.5. The quantitative estimate of drug-likeness (QED) is 0.808. The highest BCUT2D eigenvalue weighted by Crippen LogP contribution is 2.29. The van der Waals surface area contributed by atoms with Crippen LogP contribution in [0.2, 0.25) is 0 Å². The van der Waals surface area contributed by atoms with Gasteiger partial charge in [-0.25, -0.2) is 0 Å². The van der Waals surface area contributed by atoms with Gasteiger partial charge in [0, 0.05) is 18.2 Å². The average molecular weight is 250 g/mol. The van der Waals surface area contributed by atoms with E-state index in [4.69, 9.17) is 10.5 Å². The van der Waals surface area contributed by atoms with Crippen molar-refractivity contribution in [3.8, 4) is 5.75 Å². The van der Waals surface area contributed by atoms with Gasteiger partial charge in [0.1, 0.15) is 5.75 Å². The molecular weight excluding hydrogens is 224 g/mol. The molecule has 0 aromatic heterocycles. The van der Waals surface area contributed by atoms with Crippen molar-refractivity contribution in [3.05, 3.63) is 29.8 Å². The molecule has 3 heteroatoms. The highest BCUT2D eigenvalue weighted by molar-refractivity contribution is 5.36. The predicted molar refractivity (Wildman–Crippen MR) is 76.9 cm³/mol. The largest absolute Gasteiger partial charge is 0.496 e. The van der Waals surface area contributed by atoms with Gasteiger partial charge in [-0.15, -0.1) is 0 Å². The number of hydrogen-bond donors (Lipinski definition) is 1. The Bertz CT molecular complexity index is 352. The van der Waals surface area contributed by atoms with Gasteiger partial charge in [-0.05, 0) is 32.9 Å². The Hall–Kier alpha value is -1.06. The van der Waals surface area contributed by atoms with Gasteiger partial charge in [-0.3, -0.25) is 4.90 Å². The van der Waals surface area contributed by atoms with Crippen LogP contribution in [-0.2, 0) is 0 Å². The topological polar surface area (TPSA) is 38.5 Å². The van der Waals surface area contributed by atoms with Crippen LogP contribution in [0.1, 0.15) is 38.8 Å². The van der Waals surface area contributed by atoms with Crippen molar-refractivity contribution in [2.24, 2.45) is 5.73 Å². The number of benzene rings is 1. The van der Waals surface area contributed by atoms with Crippen molar-refractivity contribution < 1.29 is 4.74 Å². The fourth-order valence-electron chi connectivity index (χ4n) is 2.41. The number of hydrogen-bond acceptors (Lipinski definition) is 3. The maximum atomic E-state index is 6.00. The fraction of sp³-hybridized carbons (Fsp3) is 0.600. The van der Waals surface area contributed by atoms with Gasteiger partial charge in [-0.2, -0.15) is 0 Å². The second-order valence-corrected chi connectivity index (χ2v) is 4.83. The molecule has 1 rings (SSSR count). The summed E-state index contributed by atoms with van der Waals surface area (Å²) in [5.41, 5.74) is 7.18. The molecule has 0 saturated heterocycles. The molecule has 102 valence electrons. The fourth-order valence-corrected chi connectivity index (χ4v) is 2.41. The molecule has 0 aliphatic rings. The van der Waals surface area contributed by atoms with Gasteiger partial charge >= 0.3 is 0 Å². The number of para-hydroxylation sites is 1. The molecule has 0 fully saturated rings. The SMILES string of the molecule is CCCN(C(C)C)C(CN)c1ccccc1OC. The Morgan fingerprint density at radius 2 is 1.94 bits per heavy atom. The minimum absolute atomic E-state index is 0.223. The van der Waals surface area contributed by atoms with E-state index in [-0.39, 0.29) is 6.04 Å². The summed E-state index contributed by atoms with van der Waals surface area (Å²) in [6, 6.07) is 8.86. The monoisotopic (exact) mass is 250 g/mol. The van der Waals surface area contributed by atoms with Crippen LogP contribution >= 0.6 is 0 Å². The average Bonchev–Trinajstić information content (AvgIpc) is 2.39. The van der Waals surface area contributed by atoms with E-state index in [1.807, 2.05) is 18.2 Å². The third kappa shape index (κ3) is 3.47. The van der Waals surface area contributed by atoms with Crippen molar-refractivity contribution >= 4 is 0 Å². The number of methoxy groups -OCH3 is 1. The smallest absolute Gasteiger partial charge is 0.123 e.